The molecule has 0 saturated heterocycles. The Labute approximate surface area is 143 Å². The number of benzene rings is 1. The Balaban J connectivity index is 2.71. The SMILES string of the molecule is CCOC(=O)C1=C([Si](C)(C)C)c2ccccc2OC1C(=O)OCC. The Hall–Kier alpha value is -2.08. The molecule has 2 rings (SSSR count). The molecule has 0 saturated carbocycles. The third-order valence-electron chi connectivity index (χ3n) is 3.68. The molecule has 6 heteroatoms. The minimum absolute atomic E-state index is 0.221. The van der Waals surface area contributed by atoms with Gasteiger partial charge in [-0.2, -0.15) is 0 Å². The lowest BCUT2D eigenvalue weighted by Crippen LogP contribution is -2.42. The highest BCUT2D eigenvalue weighted by molar-refractivity contribution is 6.94. The summed E-state index contributed by atoms with van der Waals surface area (Å²) in [7, 11) is -1.98. The van der Waals surface area contributed by atoms with E-state index in [-0.39, 0.29) is 18.8 Å². The number of esters is 2. The van der Waals surface area contributed by atoms with E-state index in [1.165, 1.54) is 0 Å². The Morgan fingerprint density at radius 1 is 1.08 bits per heavy atom. The van der Waals surface area contributed by atoms with E-state index in [1.807, 2.05) is 24.3 Å². The van der Waals surface area contributed by atoms with E-state index in [9.17, 15) is 9.59 Å². The molecule has 1 unspecified atom stereocenters. The van der Waals surface area contributed by atoms with Crippen molar-refractivity contribution in [2.45, 2.75) is 39.6 Å². The van der Waals surface area contributed by atoms with E-state index in [0.717, 1.165) is 10.8 Å². The monoisotopic (exact) mass is 348 g/mol. The van der Waals surface area contributed by atoms with Crippen molar-refractivity contribution >= 4 is 25.2 Å². The van der Waals surface area contributed by atoms with Crippen molar-refractivity contribution < 1.29 is 23.8 Å². The van der Waals surface area contributed by atoms with Gasteiger partial charge >= 0.3 is 11.9 Å². The van der Waals surface area contributed by atoms with Crippen LogP contribution in [0.3, 0.4) is 0 Å². The Kier molecular flexibility index (Phi) is 5.49. The summed E-state index contributed by atoms with van der Waals surface area (Å²) in [5.74, 6) is -0.477. The smallest absolute Gasteiger partial charge is 0.352 e. The molecule has 0 spiro atoms. The molecular formula is C18H24O5Si. The van der Waals surface area contributed by atoms with Crippen molar-refractivity contribution in [1.82, 2.24) is 0 Å². The third kappa shape index (κ3) is 3.53. The summed E-state index contributed by atoms with van der Waals surface area (Å²) in [5.41, 5.74) is 1.15. The van der Waals surface area contributed by atoms with Crippen LogP contribution in [0.15, 0.2) is 29.8 Å². The standard InChI is InChI=1S/C18H24O5Si/c1-6-21-17(19)14-15(18(20)22-7-2)23-13-11-9-8-10-12(13)16(14)24(3,4)5/h8-11,15H,6-7H2,1-5H3. The lowest BCUT2D eigenvalue weighted by molar-refractivity contribution is -0.153. The van der Waals surface area contributed by atoms with Crippen molar-refractivity contribution in [2.24, 2.45) is 0 Å². The number of rotatable bonds is 5. The molecule has 0 radical (unpaired) electrons. The zero-order chi connectivity index (χ0) is 17.9. The number of hydrogen-bond donors (Lipinski definition) is 0. The molecule has 1 aliphatic heterocycles. The molecule has 0 aromatic heterocycles. The first-order valence-electron chi connectivity index (χ1n) is 8.15. The van der Waals surface area contributed by atoms with E-state index in [1.54, 1.807) is 13.8 Å². The zero-order valence-electron chi connectivity index (χ0n) is 14.8. The number of ether oxygens (including phenoxy) is 3. The van der Waals surface area contributed by atoms with Gasteiger partial charge < -0.3 is 14.2 Å². The van der Waals surface area contributed by atoms with Crippen LogP contribution in [0.4, 0.5) is 0 Å². The maximum Gasteiger partial charge on any atom is 0.352 e. The molecule has 1 aliphatic rings. The van der Waals surface area contributed by atoms with Gasteiger partial charge in [0.1, 0.15) is 5.75 Å². The molecule has 0 bridgehead atoms. The number of para-hydroxylation sites is 1. The quantitative estimate of drug-likeness (QED) is 0.604. The molecule has 1 aromatic carbocycles. The Morgan fingerprint density at radius 3 is 2.29 bits per heavy atom. The van der Waals surface area contributed by atoms with E-state index in [0.29, 0.717) is 5.75 Å². The fraction of sp³-hybridized carbons (Fsp3) is 0.444. The van der Waals surface area contributed by atoms with Gasteiger partial charge in [-0.1, -0.05) is 37.8 Å². The van der Waals surface area contributed by atoms with Gasteiger partial charge in [0.25, 0.3) is 0 Å². The van der Waals surface area contributed by atoms with E-state index in [2.05, 4.69) is 19.6 Å². The maximum atomic E-state index is 12.6. The summed E-state index contributed by atoms with van der Waals surface area (Å²) in [6, 6.07) is 7.47. The minimum atomic E-state index is -1.98. The van der Waals surface area contributed by atoms with Crippen LogP contribution in [0.2, 0.25) is 19.6 Å². The van der Waals surface area contributed by atoms with E-state index >= 15 is 0 Å². The highest BCUT2D eigenvalue weighted by atomic mass is 28.3. The van der Waals surface area contributed by atoms with Gasteiger partial charge in [-0.3, -0.25) is 0 Å². The predicted octanol–water partition coefficient (Wildman–Crippen LogP) is 3.20. The van der Waals surface area contributed by atoms with Gasteiger partial charge in [0, 0.05) is 5.56 Å². The largest absolute Gasteiger partial charge is 0.473 e. The molecule has 0 fully saturated rings. The van der Waals surface area contributed by atoms with Crippen molar-refractivity contribution in [1.29, 1.82) is 0 Å². The third-order valence-corrected chi connectivity index (χ3v) is 5.72. The topological polar surface area (TPSA) is 61.8 Å². The highest BCUT2D eigenvalue weighted by Crippen LogP contribution is 2.41. The highest BCUT2D eigenvalue weighted by Gasteiger charge is 2.42. The van der Waals surface area contributed by atoms with Crippen molar-refractivity contribution in [3.8, 4) is 5.75 Å². The maximum absolute atomic E-state index is 12.6. The summed E-state index contributed by atoms with van der Waals surface area (Å²) in [6.45, 7) is 10.3. The van der Waals surface area contributed by atoms with Crippen LogP contribution in [0, 0.1) is 0 Å². The van der Waals surface area contributed by atoms with Crippen LogP contribution in [0.25, 0.3) is 5.20 Å². The van der Waals surface area contributed by atoms with Crippen LogP contribution in [-0.2, 0) is 19.1 Å². The van der Waals surface area contributed by atoms with Crippen LogP contribution >= 0.6 is 0 Å². The fourth-order valence-electron chi connectivity index (χ4n) is 2.85. The molecule has 130 valence electrons. The summed E-state index contributed by atoms with van der Waals surface area (Å²) in [4.78, 5) is 25.1. The summed E-state index contributed by atoms with van der Waals surface area (Å²) in [6.07, 6.45) is -1.08. The molecule has 0 N–H and O–H groups in total. The van der Waals surface area contributed by atoms with E-state index < -0.39 is 26.1 Å². The van der Waals surface area contributed by atoms with Crippen LogP contribution in [0.5, 0.6) is 5.75 Å². The molecule has 5 nitrogen and oxygen atoms in total. The normalized spacial score (nSPS) is 17.0. The zero-order valence-corrected chi connectivity index (χ0v) is 15.8. The molecule has 1 heterocycles. The average Bonchev–Trinajstić information content (AvgIpc) is 2.52. The van der Waals surface area contributed by atoms with Crippen molar-refractivity contribution in [3.63, 3.8) is 0 Å². The van der Waals surface area contributed by atoms with Gasteiger partial charge in [-0.15, -0.1) is 0 Å². The van der Waals surface area contributed by atoms with Gasteiger partial charge in [0.15, 0.2) is 0 Å². The number of fused-ring (bicyclic) bond motifs is 1. The molecule has 0 aliphatic carbocycles. The van der Waals surface area contributed by atoms with Gasteiger partial charge in [0.2, 0.25) is 6.10 Å². The second-order valence-electron chi connectivity index (χ2n) is 6.51. The molecule has 1 atom stereocenters. The second-order valence-corrected chi connectivity index (χ2v) is 11.5. The second kappa shape index (κ2) is 7.21. The van der Waals surface area contributed by atoms with Gasteiger partial charge in [-0.25, -0.2) is 9.59 Å². The Morgan fingerprint density at radius 2 is 1.71 bits per heavy atom. The van der Waals surface area contributed by atoms with Crippen molar-refractivity contribution in [2.75, 3.05) is 13.2 Å². The molecule has 1 aromatic rings. The van der Waals surface area contributed by atoms with Crippen LogP contribution in [-0.4, -0.2) is 39.3 Å². The average molecular weight is 348 g/mol. The number of carbonyl (C=O) groups excluding carboxylic acids is 2. The summed E-state index contributed by atoms with van der Waals surface area (Å²) >= 11 is 0. The van der Waals surface area contributed by atoms with Crippen LogP contribution < -0.4 is 4.74 Å². The summed E-state index contributed by atoms with van der Waals surface area (Å²) < 4.78 is 16.2. The number of carbonyl (C=O) groups is 2. The first kappa shape index (κ1) is 18.3. The fourth-order valence-corrected chi connectivity index (χ4v) is 4.90. The first-order valence-corrected chi connectivity index (χ1v) is 11.7. The first-order chi connectivity index (χ1) is 11.3. The number of hydrogen-bond acceptors (Lipinski definition) is 5. The van der Waals surface area contributed by atoms with Crippen molar-refractivity contribution in [3.05, 3.63) is 35.4 Å². The minimum Gasteiger partial charge on any atom is -0.473 e. The lowest BCUT2D eigenvalue weighted by Gasteiger charge is -2.33. The van der Waals surface area contributed by atoms with Gasteiger partial charge in [0.05, 0.1) is 26.9 Å². The molecule has 0 amide bonds. The lowest BCUT2D eigenvalue weighted by atomic mass is 10.0. The molecule has 24 heavy (non-hydrogen) atoms. The molecular weight excluding hydrogens is 324 g/mol. The van der Waals surface area contributed by atoms with Gasteiger partial charge in [-0.05, 0) is 25.1 Å². The predicted molar refractivity (Wildman–Crippen MR) is 94.4 cm³/mol. The van der Waals surface area contributed by atoms with E-state index in [4.69, 9.17) is 14.2 Å². The van der Waals surface area contributed by atoms with Crippen LogP contribution in [0.1, 0.15) is 19.4 Å². The summed E-state index contributed by atoms with van der Waals surface area (Å²) in [5, 5.41) is 0.890. The Bertz CT molecular complexity index is 672.